The number of para-hydroxylation sites is 2. The number of carbonyl (C=O) groups is 2. The first-order valence-electron chi connectivity index (χ1n) is 8.90. The third kappa shape index (κ3) is 6.09. The zero-order chi connectivity index (χ0) is 22.1. The minimum absolute atomic E-state index is 0.00591. The second kappa shape index (κ2) is 10.6. The number of hydrogen-bond donors (Lipinski definition) is 1. The number of nitro benzene ring substituents is 1. The summed E-state index contributed by atoms with van der Waals surface area (Å²) in [7, 11) is 2.80. The van der Waals surface area contributed by atoms with Gasteiger partial charge in [-0.25, -0.2) is 0 Å². The lowest BCUT2D eigenvalue weighted by molar-refractivity contribution is -0.385. The van der Waals surface area contributed by atoms with Gasteiger partial charge in [0.05, 0.1) is 32.2 Å². The maximum atomic E-state index is 12.1. The molecule has 160 valence electrons. The Hall–Kier alpha value is -3.82. The van der Waals surface area contributed by atoms with Gasteiger partial charge in [0.1, 0.15) is 0 Å². The molecule has 0 aromatic heterocycles. The summed E-state index contributed by atoms with van der Waals surface area (Å²) in [6, 6.07) is 9.63. The maximum absolute atomic E-state index is 12.1. The van der Waals surface area contributed by atoms with Gasteiger partial charge in [0, 0.05) is 17.8 Å². The highest BCUT2D eigenvalue weighted by molar-refractivity contribution is 5.94. The van der Waals surface area contributed by atoms with Crippen LogP contribution in [0.5, 0.6) is 17.2 Å². The summed E-state index contributed by atoms with van der Waals surface area (Å²) in [5.41, 5.74) is 0.569. The lowest BCUT2D eigenvalue weighted by Crippen LogP contribution is -2.22. The fourth-order valence-corrected chi connectivity index (χ4v) is 2.50. The predicted octanol–water partition coefficient (Wildman–Crippen LogP) is 2.87. The number of methoxy groups -OCH3 is 2. The first-order valence-corrected chi connectivity index (χ1v) is 8.90. The summed E-state index contributed by atoms with van der Waals surface area (Å²) in [6.07, 6.45) is -0.0598. The van der Waals surface area contributed by atoms with E-state index in [1.165, 1.54) is 26.4 Å². The van der Waals surface area contributed by atoms with E-state index in [4.69, 9.17) is 18.9 Å². The van der Waals surface area contributed by atoms with E-state index >= 15 is 0 Å². The number of nitro groups is 1. The topological polar surface area (TPSA) is 126 Å². The average molecular weight is 418 g/mol. The average Bonchev–Trinajstić information content (AvgIpc) is 2.73. The third-order valence-electron chi connectivity index (χ3n) is 3.99. The molecule has 0 heterocycles. The number of hydrogen-bond acceptors (Lipinski definition) is 8. The number of nitrogens with zero attached hydrogens (tertiary/aromatic N) is 1. The molecule has 0 saturated heterocycles. The van der Waals surface area contributed by atoms with Crippen LogP contribution in [-0.2, 0) is 14.3 Å². The molecule has 30 heavy (non-hydrogen) atoms. The van der Waals surface area contributed by atoms with Crippen LogP contribution in [0.15, 0.2) is 36.4 Å². The van der Waals surface area contributed by atoms with E-state index in [1.807, 2.05) is 0 Å². The third-order valence-corrected chi connectivity index (χ3v) is 3.99. The molecule has 0 spiro atoms. The monoisotopic (exact) mass is 418 g/mol. The second-order valence-electron chi connectivity index (χ2n) is 6.05. The largest absolute Gasteiger partial charge is 0.493 e. The van der Waals surface area contributed by atoms with Crippen LogP contribution in [0.25, 0.3) is 0 Å². The Morgan fingerprint density at radius 1 is 1.07 bits per heavy atom. The Morgan fingerprint density at radius 3 is 2.37 bits per heavy atom. The Bertz CT molecular complexity index is 929. The second-order valence-corrected chi connectivity index (χ2v) is 6.05. The molecule has 2 rings (SSSR count). The predicted molar refractivity (Wildman–Crippen MR) is 107 cm³/mol. The lowest BCUT2D eigenvalue weighted by atomic mass is 10.1. The molecule has 0 bridgehead atoms. The van der Waals surface area contributed by atoms with Crippen molar-refractivity contribution in [2.75, 3.05) is 32.8 Å². The van der Waals surface area contributed by atoms with Crippen molar-refractivity contribution in [3.05, 3.63) is 52.1 Å². The van der Waals surface area contributed by atoms with Gasteiger partial charge >= 0.3 is 11.7 Å². The fourth-order valence-electron chi connectivity index (χ4n) is 2.50. The summed E-state index contributed by atoms with van der Waals surface area (Å²) in [6.45, 7) is 1.15. The molecule has 0 aliphatic carbocycles. The van der Waals surface area contributed by atoms with Gasteiger partial charge in [-0.1, -0.05) is 12.1 Å². The van der Waals surface area contributed by atoms with Gasteiger partial charge in [-0.3, -0.25) is 19.7 Å². The fraction of sp³-hybridized carbons (Fsp3) is 0.300. The number of ether oxygens (including phenoxy) is 4. The van der Waals surface area contributed by atoms with E-state index < -0.39 is 23.4 Å². The van der Waals surface area contributed by atoms with E-state index in [0.717, 1.165) is 0 Å². The van der Waals surface area contributed by atoms with Crippen molar-refractivity contribution in [3.63, 3.8) is 0 Å². The van der Waals surface area contributed by atoms with Crippen LogP contribution in [0.2, 0.25) is 0 Å². The lowest BCUT2D eigenvalue weighted by Gasteiger charge is -2.12. The van der Waals surface area contributed by atoms with Crippen LogP contribution < -0.4 is 19.5 Å². The number of anilines is 1. The molecule has 0 aliphatic rings. The Balaban J connectivity index is 1.83. The Morgan fingerprint density at radius 2 is 1.73 bits per heavy atom. The molecule has 0 fully saturated rings. The standard InChI is InChI=1S/C20H22N2O8/c1-13-10-15(22(25)26)18(28-3)11-14(13)21-19(23)12-30-20(24)8-9-29-17-7-5-4-6-16(17)27-2/h4-7,10-11H,8-9,12H2,1-3H3,(H,21,23). The summed E-state index contributed by atoms with van der Waals surface area (Å²) < 4.78 is 20.5. The molecule has 0 unspecified atom stereocenters. The normalized spacial score (nSPS) is 10.1. The van der Waals surface area contributed by atoms with Crippen LogP contribution >= 0.6 is 0 Å². The molecule has 0 atom stereocenters. The van der Waals surface area contributed by atoms with Crippen LogP contribution in [0.1, 0.15) is 12.0 Å². The van der Waals surface area contributed by atoms with Crippen LogP contribution in [-0.4, -0.2) is 44.2 Å². The first-order chi connectivity index (χ1) is 14.3. The number of aryl methyl sites for hydroxylation is 1. The Kier molecular flexibility index (Phi) is 7.98. The van der Waals surface area contributed by atoms with Gasteiger partial charge in [0.2, 0.25) is 0 Å². The number of nitrogens with one attached hydrogen (secondary N) is 1. The minimum Gasteiger partial charge on any atom is -0.493 e. The highest BCUT2D eigenvalue weighted by Crippen LogP contribution is 2.32. The van der Waals surface area contributed by atoms with E-state index in [1.54, 1.807) is 31.2 Å². The summed E-state index contributed by atoms with van der Waals surface area (Å²) in [4.78, 5) is 34.3. The SMILES string of the molecule is COc1ccccc1OCCC(=O)OCC(=O)Nc1cc(OC)c([N+](=O)[O-])cc1C. The van der Waals surface area contributed by atoms with Gasteiger partial charge in [-0.2, -0.15) is 0 Å². The Labute approximate surface area is 172 Å². The van der Waals surface area contributed by atoms with Crippen molar-refractivity contribution in [1.29, 1.82) is 0 Å². The molecule has 10 nitrogen and oxygen atoms in total. The molecule has 1 amide bonds. The van der Waals surface area contributed by atoms with E-state index in [0.29, 0.717) is 22.7 Å². The highest BCUT2D eigenvalue weighted by Gasteiger charge is 2.18. The maximum Gasteiger partial charge on any atom is 0.311 e. The number of carbonyl (C=O) groups excluding carboxylic acids is 2. The van der Waals surface area contributed by atoms with E-state index in [9.17, 15) is 19.7 Å². The smallest absolute Gasteiger partial charge is 0.311 e. The van der Waals surface area contributed by atoms with Gasteiger partial charge in [-0.05, 0) is 24.6 Å². The van der Waals surface area contributed by atoms with Crippen molar-refractivity contribution in [1.82, 2.24) is 0 Å². The minimum atomic E-state index is -0.613. The van der Waals surface area contributed by atoms with Gasteiger partial charge < -0.3 is 24.3 Å². The quantitative estimate of drug-likeness (QED) is 0.355. The van der Waals surface area contributed by atoms with E-state index in [2.05, 4.69) is 5.32 Å². The number of benzene rings is 2. The number of amides is 1. The number of esters is 1. The van der Waals surface area contributed by atoms with Gasteiger partial charge in [0.15, 0.2) is 23.9 Å². The van der Waals surface area contributed by atoms with Gasteiger partial charge in [-0.15, -0.1) is 0 Å². The molecular formula is C20H22N2O8. The van der Waals surface area contributed by atoms with Crippen LogP contribution in [0, 0.1) is 17.0 Å². The summed E-state index contributed by atoms with van der Waals surface area (Å²) >= 11 is 0. The molecule has 0 aliphatic heterocycles. The molecule has 0 saturated carbocycles. The zero-order valence-corrected chi connectivity index (χ0v) is 16.8. The first kappa shape index (κ1) is 22.5. The molecular weight excluding hydrogens is 396 g/mol. The van der Waals surface area contributed by atoms with Crippen molar-refractivity contribution in [2.24, 2.45) is 0 Å². The molecule has 2 aromatic rings. The van der Waals surface area contributed by atoms with Crippen LogP contribution in [0.3, 0.4) is 0 Å². The zero-order valence-electron chi connectivity index (χ0n) is 16.8. The highest BCUT2D eigenvalue weighted by atomic mass is 16.6. The summed E-state index contributed by atoms with van der Waals surface area (Å²) in [5.74, 6) is -0.162. The van der Waals surface area contributed by atoms with Crippen LogP contribution in [0.4, 0.5) is 11.4 Å². The molecule has 2 aromatic carbocycles. The molecule has 10 heteroatoms. The molecule has 0 radical (unpaired) electrons. The number of rotatable bonds is 10. The van der Waals surface area contributed by atoms with Crippen molar-refractivity contribution in [3.8, 4) is 17.2 Å². The molecule has 1 N–H and O–H groups in total. The van der Waals surface area contributed by atoms with E-state index in [-0.39, 0.29) is 24.5 Å². The van der Waals surface area contributed by atoms with Gasteiger partial charge in [0.25, 0.3) is 5.91 Å². The van der Waals surface area contributed by atoms with Crippen molar-refractivity contribution < 1.29 is 33.5 Å². The van der Waals surface area contributed by atoms with Crippen molar-refractivity contribution in [2.45, 2.75) is 13.3 Å². The summed E-state index contributed by atoms with van der Waals surface area (Å²) in [5, 5.41) is 13.6. The van der Waals surface area contributed by atoms with Crippen molar-refractivity contribution >= 4 is 23.3 Å².